The van der Waals surface area contributed by atoms with E-state index in [9.17, 15) is 0 Å². The second-order valence-corrected chi connectivity index (χ2v) is 10.4. The minimum atomic E-state index is 0.760. The predicted octanol–water partition coefficient (Wildman–Crippen LogP) is 7.50. The van der Waals surface area contributed by atoms with Crippen LogP contribution in [0.4, 0.5) is 0 Å². The van der Waals surface area contributed by atoms with E-state index in [0.29, 0.717) is 0 Å². The van der Waals surface area contributed by atoms with Gasteiger partial charge in [-0.3, -0.25) is 0 Å². The van der Waals surface area contributed by atoms with Crippen molar-refractivity contribution in [1.29, 1.82) is 0 Å². The van der Waals surface area contributed by atoms with Gasteiger partial charge in [0.15, 0.2) is 6.20 Å². The maximum atomic E-state index is 2.62. The third kappa shape index (κ3) is 3.08. The quantitative estimate of drug-likeness (QED) is 0.309. The van der Waals surface area contributed by atoms with Crippen LogP contribution in [-0.2, 0) is 7.05 Å². The Kier molecular flexibility index (Phi) is 4.56. The lowest BCUT2D eigenvalue weighted by Gasteiger charge is -2.21. The molecule has 2 fully saturated rings. The van der Waals surface area contributed by atoms with Crippen LogP contribution in [0.15, 0.2) is 36.5 Å². The second-order valence-electron chi connectivity index (χ2n) is 10.4. The Morgan fingerprint density at radius 1 is 0.839 bits per heavy atom. The molecule has 158 valence electrons. The standard InChI is InChI=1S/C30H34N/c1-19-14-23-12-13-31(3)30-28(18-25(15-19)29(23)30)27-17-24(21-8-4-5-9-21)16-26(20(27)2)22-10-6-7-11-22/h12-18,21-22H,4-11H2,1-3H3/q+1. The molecule has 3 aliphatic carbocycles. The maximum Gasteiger partial charge on any atom is 0.221 e. The molecule has 0 atom stereocenters. The van der Waals surface area contributed by atoms with Crippen molar-refractivity contribution in [1.82, 2.24) is 0 Å². The molecule has 3 aliphatic rings. The van der Waals surface area contributed by atoms with Crippen LogP contribution in [-0.4, -0.2) is 0 Å². The number of hydrogen-bond donors (Lipinski definition) is 0. The Bertz CT molecular complexity index is 1220. The topological polar surface area (TPSA) is 3.88 Å². The Morgan fingerprint density at radius 2 is 1.55 bits per heavy atom. The summed E-state index contributed by atoms with van der Waals surface area (Å²) < 4.78 is 2.34. The van der Waals surface area contributed by atoms with Gasteiger partial charge in [0.1, 0.15) is 7.05 Å². The zero-order valence-electron chi connectivity index (χ0n) is 19.3. The molecule has 0 aliphatic heterocycles. The molecular formula is C30H34N+. The Hall–Kier alpha value is -2.41. The summed E-state index contributed by atoms with van der Waals surface area (Å²) in [5.41, 5.74) is 11.9. The molecule has 2 saturated carbocycles. The second kappa shape index (κ2) is 7.33. The van der Waals surface area contributed by atoms with Crippen LogP contribution >= 0.6 is 0 Å². The van der Waals surface area contributed by atoms with Gasteiger partial charge in [-0.15, -0.1) is 0 Å². The molecule has 0 amide bonds. The SMILES string of the molecule is Cc1cc2c3c([n+](C)ccc3c1)C(c1cc(C3CCCC3)cc(C3CCCC3)c1C)=C2. The minimum Gasteiger partial charge on any atom is -0.200 e. The summed E-state index contributed by atoms with van der Waals surface area (Å²) in [5.74, 6) is 1.52. The third-order valence-electron chi connectivity index (χ3n) is 8.35. The number of nitrogens with zero attached hydrogens (tertiary/aromatic N) is 1. The molecule has 1 aromatic heterocycles. The summed E-state index contributed by atoms with van der Waals surface area (Å²) in [6.45, 7) is 4.62. The molecule has 0 N–H and O–H groups in total. The van der Waals surface area contributed by atoms with Crippen molar-refractivity contribution in [2.24, 2.45) is 7.05 Å². The average molecular weight is 409 g/mol. The van der Waals surface area contributed by atoms with Crippen molar-refractivity contribution in [2.75, 3.05) is 0 Å². The fourth-order valence-corrected chi connectivity index (χ4v) is 6.75. The van der Waals surface area contributed by atoms with E-state index in [1.807, 2.05) is 0 Å². The van der Waals surface area contributed by atoms with Gasteiger partial charge in [0.2, 0.25) is 5.69 Å². The van der Waals surface area contributed by atoms with Crippen molar-refractivity contribution in [2.45, 2.75) is 77.0 Å². The largest absolute Gasteiger partial charge is 0.221 e. The number of hydrogen-bond acceptors (Lipinski definition) is 0. The first-order valence-corrected chi connectivity index (χ1v) is 12.4. The third-order valence-corrected chi connectivity index (χ3v) is 8.35. The number of aromatic nitrogens is 1. The van der Waals surface area contributed by atoms with E-state index in [-0.39, 0.29) is 0 Å². The maximum absolute atomic E-state index is 2.62. The van der Waals surface area contributed by atoms with E-state index in [4.69, 9.17) is 0 Å². The van der Waals surface area contributed by atoms with Gasteiger partial charge in [-0.05, 0) is 96.2 Å². The lowest BCUT2D eigenvalue weighted by molar-refractivity contribution is -0.672. The minimum absolute atomic E-state index is 0.760. The molecule has 1 heteroatoms. The number of aryl methyl sites for hydroxylation is 2. The molecule has 0 bridgehead atoms. The molecule has 0 spiro atoms. The van der Waals surface area contributed by atoms with E-state index in [1.54, 1.807) is 11.1 Å². The molecular weight excluding hydrogens is 374 g/mol. The molecule has 2 aromatic carbocycles. The highest BCUT2D eigenvalue weighted by Gasteiger charge is 2.31. The van der Waals surface area contributed by atoms with E-state index in [1.165, 1.54) is 95.7 Å². The fourth-order valence-electron chi connectivity index (χ4n) is 6.75. The van der Waals surface area contributed by atoms with Crippen molar-refractivity contribution in [3.8, 4) is 0 Å². The van der Waals surface area contributed by atoms with Crippen LogP contribution in [0.5, 0.6) is 0 Å². The fraction of sp³-hybridized carbons (Fsp3) is 0.433. The van der Waals surface area contributed by atoms with E-state index in [0.717, 1.165) is 11.8 Å². The Morgan fingerprint density at radius 3 is 2.29 bits per heavy atom. The predicted molar refractivity (Wildman–Crippen MR) is 130 cm³/mol. The Labute approximate surface area is 186 Å². The Balaban J connectivity index is 1.58. The number of rotatable bonds is 3. The summed E-state index contributed by atoms with van der Waals surface area (Å²) in [5, 5.41) is 2.80. The van der Waals surface area contributed by atoms with Crippen LogP contribution in [0.25, 0.3) is 22.4 Å². The molecule has 1 heterocycles. The lowest BCUT2D eigenvalue weighted by Crippen LogP contribution is -2.32. The van der Waals surface area contributed by atoms with Gasteiger partial charge in [-0.2, -0.15) is 0 Å². The van der Waals surface area contributed by atoms with Crippen LogP contribution in [0.3, 0.4) is 0 Å². The summed E-state index contributed by atoms with van der Waals surface area (Å²) >= 11 is 0. The van der Waals surface area contributed by atoms with Gasteiger partial charge in [-0.1, -0.05) is 49.9 Å². The van der Waals surface area contributed by atoms with Crippen LogP contribution in [0.1, 0.15) is 102 Å². The molecule has 1 nitrogen and oxygen atoms in total. The number of pyridine rings is 1. The van der Waals surface area contributed by atoms with Gasteiger partial charge in [0.05, 0.1) is 11.0 Å². The summed E-state index contributed by atoms with van der Waals surface area (Å²) in [6.07, 6.45) is 15.8. The monoisotopic (exact) mass is 408 g/mol. The molecule has 31 heavy (non-hydrogen) atoms. The number of benzene rings is 2. The zero-order valence-corrected chi connectivity index (χ0v) is 19.3. The first-order chi connectivity index (χ1) is 15.1. The summed E-state index contributed by atoms with van der Waals surface area (Å²) in [7, 11) is 2.21. The molecule has 0 radical (unpaired) electrons. The van der Waals surface area contributed by atoms with Crippen molar-refractivity contribution in [3.63, 3.8) is 0 Å². The highest BCUT2D eigenvalue weighted by atomic mass is 14.9. The molecule has 3 aromatic rings. The van der Waals surface area contributed by atoms with Gasteiger partial charge in [0.25, 0.3) is 0 Å². The summed E-state index contributed by atoms with van der Waals surface area (Å²) in [4.78, 5) is 0. The highest BCUT2D eigenvalue weighted by Crippen LogP contribution is 2.45. The van der Waals surface area contributed by atoms with E-state index in [2.05, 4.69) is 68.1 Å². The lowest BCUT2D eigenvalue weighted by atomic mass is 9.83. The van der Waals surface area contributed by atoms with Crippen molar-refractivity contribution >= 4 is 22.4 Å². The van der Waals surface area contributed by atoms with Gasteiger partial charge < -0.3 is 0 Å². The van der Waals surface area contributed by atoms with Crippen LogP contribution < -0.4 is 4.57 Å². The van der Waals surface area contributed by atoms with Gasteiger partial charge in [0, 0.05) is 6.07 Å². The average Bonchev–Trinajstić information content (AvgIpc) is 3.52. The van der Waals surface area contributed by atoms with Crippen molar-refractivity contribution in [3.05, 3.63) is 75.6 Å². The van der Waals surface area contributed by atoms with Gasteiger partial charge >= 0.3 is 0 Å². The zero-order chi connectivity index (χ0) is 21.1. The first-order valence-electron chi connectivity index (χ1n) is 12.4. The smallest absolute Gasteiger partial charge is 0.200 e. The molecule has 0 unspecified atom stereocenters. The molecule has 6 rings (SSSR count). The van der Waals surface area contributed by atoms with E-state index < -0.39 is 0 Å². The normalized spacial score (nSPS) is 19.0. The highest BCUT2D eigenvalue weighted by molar-refractivity contribution is 6.11. The van der Waals surface area contributed by atoms with E-state index >= 15 is 0 Å². The summed E-state index contributed by atoms with van der Waals surface area (Å²) in [6, 6.07) is 12.2. The molecule has 0 saturated heterocycles. The van der Waals surface area contributed by atoms with Crippen molar-refractivity contribution < 1.29 is 4.57 Å². The van der Waals surface area contributed by atoms with Crippen LogP contribution in [0.2, 0.25) is 0 Å². The van der Waals surface area contributed by atoms with Gasteiger partial charge in [-0.25, -0.2) is 4.57 Å². The van der Waals surface area contributed by atoms with Crippen LogP contribution in [0, 0.1) is 13.8 Å². The first kappa shape index (κ1) is 19.3.